The van der Waals surface area contributed by atoms with Crippen molar-refractivity contribution in [2.75, 3.05) is 18.9 Å². The van der Waals surface area contributed by atoms with E-state index in [0.717, 1.165) is 30.4 Å². The summed E-state index contributed by atoms with van der Waals surface area (Å²) in [4.78, 5) is 60.6. The number of carboxylic acids is 2. The number of hydrogen-bond acceptors (Lipinski definition) is 9. The summed E-state index contributed by atoms with van der Waals surface area (Å²) in [6, 6.07) is -2.33. The van der Waals surface area contributed by atoms with Crippen LogP contribution in [-0.2, 0) is 28.7 Å². The van der Waals surface area contributed by atoms with E-state index >= 15 is 0 Å². The molecule has 0 aromatic carbocycles. The minimum atomic E-state index is -1.24. The zero-order chi connectivity index (χ0) is 29.4. The van der Waals surface area contributed by atoms with Crippen molar-refractivity contribution in [2.45, 2.75) is 81.5 Å². The van der Waals surface area contributed by atoms with Gasteiger partial charge in [-0.05, 0) is 56.4 Å². The topological polar surface area (TPSA) is 205 Å². The second-order valence-corrected chi connectivity index (χ2v) is 11.9. The van der Waals surface area contributed by atoms with Crippen molar-refractivity contribution < 1.29 is 44.0 Å². The number of carbonyl (C=O) groups excluding carboxylic acids is 3. The maximum atomic E-state index is 13.1. The lowest BCUT2D eigenvalue weighted by Crippen LogP contribution is -2.50. The summed E-state index contributed by atoms with van der Waals surface area (Å²) >= 11 is 1.41. The normalized spacial score (nSPS) is 24.9. The highest BCUT2D eigenvalue weighted by atomic mass is 32.2. The Morgan fingerprint density at radius 2 is 2.02 bits per heavy atom. The van der Waals surface area contributed by atoms with E-state index in [4.69, 9.17) is 20.7 Å². The SMILES string of the molecule is CCC[C@]1(SC[C@H](NC(=O)CC[C@H](N)C(=O)O)C(=O)NCC(=O)O)CC[C@H]2CC=C(CCCO)[C@H]3C(=O)OC1=C23. The molecular formula is C27H39N3O9S. The second-order valence-electron chi connectivity index (χ2n) is 10.5. The van der Waals surface area contributed by atoms with Gasteiger partial charge in [0.2, 0.25) is 11.8 Å². The van der Waals surface area contributed by atoms with E-state index in [9.17, 15) is 29.1 Å². The average Bonchev–Trinajstić information content (AvgIpc) is 3.28. The van der Waals surface area contributed by atoms with Gasteiger partial charge < -0.3 is 36.4 Å². The lowest BCUT2D eigenvalue weighted by atomic mass is 9.68. The number of esters is 1. The van der Waals surface area contributed by atoms with Crippen LogP contribution in [0.1, 0.15) is 64.7 Å². The zero-order valence-electron chi connectivity index (χ0n) is 22.6. The van der Waals surface area contributed by atoms with Crippen LogP contribution in [0.25, 0.3) is 0 Å². The van der Waals surface area contributed by atoms with Gasteiger partial charge in [0, 0.05) is 18.8 Å². The highest BCUT2D eigenvalue weighted by molar-refractivity contribution is 8.00. The molecule has 3 aliphatic rings. The molecule has 40 heavy (non-hydrogen) atoms. The van der Waals surface area contributed by atoms with Gasteiger partial charge in [-0.3, -0.25) is 24.0 Å². The number of carbonyl (C=O) groups is 5. The number of nitrogens with two attached hydrogens (primary N) is 1. The van der Waals surface area contributed by atoms with Gasteiger partial charge in [0.25, 0.3) is 0 Å². The molecular weight excluding hydrogens is 542 g/mol. The van der Waals surface area contributed by atoms with Gasteiger partial charge in [-0.25, -0.2) is 0 Å². The smallest absolute Gasteiger partial charge is 0.322 e. The van der Waals surface area contributed by atoms with E-state index in [1.165, 1.54) is 11.8 Å². The quantitative estimate of drug-likeness (QED) is 0.112. The minimum Gasteiger partial charge on any atom is -0.480 e. The molecule has 0 saturated carbocycles. The number of ether oxygens (including phenoxy) is 1. The highest BCUT2D eigenvalue weighted by Crippen LogP contribution is 2.57. The first-order valence-electron chi connectivity index (χ1n) is 13.7. The summed E-state index contributed by atoms with van der Waals surface area (Å²) in [7, 11) is 0. The summed E-state index contributed by atoms with van der Waals surface area (Å²) in [5, 5.41) is 32.2. The van der Waals surface area contributed by atoms with Gasteiger partial charge >= 0.3 is 17.9 Å². The molecule has 12 nitrogen and oxygen atoms in total. The van der Waals surface area contributed by atoms with Crippen LogP contribution in [0.3, 0.4) is 0 Å². The van der Waals surface area contributed by atoms with Crippen molar-refractivity contribution >= 4 is 41.5 Å². The lowest BCUT2D eigenvalue weighted by Gasteiger charge is -2.41. The van der Waals surface area contributed by atoms with Crippen LogP contribution in [0.4, 0.5) is 0 Å². The molecule has 5 atom stereocenters. The van der Waals surface area contributed by atoms with E-state index in [0.29, 0.717) is 31.4 Å². The standard InChI is InChI=1S/C27H39N3O9S/c1-2-10-27(11-9-16-6-5-15(4-3-12-31)22-21(16)23(27)39-26(22)38)40-14-18(24(35)29-13-20(33)34)30-19(32)8-7-17(28)25(36)37/h5,16-18,22,31H,2-4,6-14,28H2,1H3,(H,29,35)(H,30,32)(H,33,34)(H,36,37)/t16-,17+,18+,22-,27+/m1/s1. The third-order valence-corrected chi connectivity index (χ3v) is 9.31. The van der Waals surface area contributed by atoms with Gasteiger partial charge in [0.1, 0.15) is 30.3 Å². The fraction of sp³-hybridized carbons (Fsp3) is 0.667. The van der Waals surface area contributed by atoms with Gasteiger partial charge in [-0.1, -0.05) is 25.0 Å². The van der Waals surface area contributed by atoms with Crippen molar-refractivity contribution in [3.63, 3.8) is 0 Å². The van der Waals surface area contributed by atoms with Crippen LogP contribution in [0, 0.1) is 11.8 Å². The van der Waals surface area contributed by atoms with Crippen LogP contribution < -0.4 is 16.4 Å². The summed E-state index contributed by atoms with van der Waals surface area (Å²) in [6.45, 7) is 1.42. The average molecular weight is 582 g/mol. The number of thioether (sulfide) groups is 1. The first-order valence-corrected chi connectivity index (χ1v) is 14.7. The Kier molecular flexibility index (Phi) is 11.2. The molecule has 1 heterocycles. The number of rotatable bonds is 16. The molecule has 3 rings (SSSR count). The lowest BCUT2D eigenvalue weighted by molar-refractivity contribution is -0.140. The number of amides is 2. The molecule has 0 unspecified atom stereocenters. The van der Waals surface area contributed by atoms with Gasteiger partial charge in [0.15, 0.2) is 0 Å². The Labute approximate surface area is 237 Å². The summed E-state index contributed by atoms with van der Waals surface area (Å²) in [6.07, 6.45) is 6.71. The molecule has 0 bridgehead atoms. The van der Waals surface area contributed by atoms with E-state index in [-0.39, 0.29) is 37.1 Å². The Hall–Kier alpha value is -2.90. The molecule has 7 N–H and O–H groups in total. The molecule has 1 aliphatic heterocycles. The third-order valence-electron chi connectivity index (χ3n) is 7.67. The van der Waals surface area contributed by atoms with E-state index in [1.807, 2.05) is 6.92 Å². The number of nitrogens with one attached hydrogen (secondary N) is 2. The molecule has 0 radical (unpaired) electrons. The molecule has 13 heteroatoms. The van der Waals surface area contributed by atoms with Crippen molar-refractivity contribution in [1.82, 2.24) is 10.6 Å². The molecule has 222 valence electrons. The Balaban J connectivity index is 1.83. The summed E-state index contributed by atoms with van der Waals surface area (Å²) < 4.78 is 5.37. The number of carboxylic acid groups (broad SMARTS) is 2. The Morgan fingerprint density at radius 1 is 1.27 bits per heavy atom. The monoisotopic (exact) mass is 581 g/mol. The first-order chi connectivity index (χ1) is 19.0. The van der Waals surface area contributed by atoms with Crippen LogP contribution >= 0.6 is 11.8 Å². The molecule has 0 saturated heterocycles. The maximum absolute atomic E-state index is 13.1. The van der Waals surface area contributed by atoms with Crippen molar-refractivity contribution in [3.8, 4) is 0 Å². The van der Waals surface area contributed by atoms with Crippen LogP contribution in [0.5, 0.6) is 0 Å². The summed E-state index contributed by atoms with van der Waals surface area (Å²) in [5.74, 6) is -3.61. The molecule has 0 spiro atoms. The van der Waals surface area contributed by atoms with Crippen molar-refractivity contribution in [3.05, 3.63) is 23.0 Å². The predicted molar refractivity (Wildman–Crippen MR) is 146 cm³/mol. The zero-order valence-corrected chi connectivity index (χ0v) is 23.5. The molecule has 0 fully saturated rings. The molecule has 2 amide bonds. The van der Waals surface area contributed by atoms with E-state index in [1.54, 1.807) is 0 Å². The summed E-state index contributed by atoms with van der Waals surface area (Å²) in [5.41, 5.74) is 7.45. The van der Waals surface area contributed by atoms with Crippen molar-refractivity contribution in [2.24, 2.45) is 17.6 Å². The van der Waals surface area contributed by atoms with Gasteiger partial charge in [0.05, 0.1) is 4.75 Å². The van der Waals surface area contributed by atoms with E-state index in [2.05, 4.69) is 16.7 Å². The third kappa shape index (κ3) is 7.43. The Morgan fingerprint density at radius 3 is 2.67 bits per heavy atom. The minimum absolute atomic E-state index is 0.0311. The molecule has 0 aromatic heterocycles. The number of aliphatic hydroxyl groups excluding tert-OH is 1. The number of aliphatic carboxylic acids is 2. The van der Waals surface area contributed by atoms with Crippen molar-refractivity contribution in [1.29, 1.82) is 0 Å². The molecule has 0 aromatic rings. The van der Waals surface area contributed by atoms with Crippen LogP contribution in [0.2, 0.25) is 0 Å². The fourth-order valence-corrected chi connectivity index (χ4v) is 7.33. The number of hydrogen-bond donors (Lipinski definition) is 6. The number of aliphatic hydroxyl groups is 1. The first kappa shape index (κ1) is 31.6. The number of allylic oxidation sites excluding steroid dienone is 1. The van der Waals surface area contributed by atoms with Gasteiger partial charge in [-0.15, -0.1) is 11.8 Å². The largest absolute Gasteiger partial charge is 0.480 e. The van der Waals surface area contributed by atoms with Crippen LogP contribution in [0.15, 0.2) is 23.0 Å². The van der Waals surface area contributed by atoms with Crippen LogP contribution in [-0.4, -0.2) is 80.8 Å². The second kappa shape index (κ2) is 14.1. The highest BCUT2D eigenvalue weighted by Gasteiger charge is 2.53. The van der Waals surface area contributed by atoms with Gasteiger partial charge in [-0.2, -0.15) is 0 Å². The molecule has 2 aliphatic carbocycles. The predicted octanol–water partition coefficient (Wildman–Crippen LogP) is 1.08. The van der Waals surface area contributed by atoms with E-state index < -0.39 is 53.0 Å². The maximum Gasteiger partial charge on any atom is 0.322 e. The fourth-order valence-electron chi connectivity index (χ4n) is 5.71. The Bertz CT molecular complexity index is 1080.